The van der Waals surface area contributed by atoms with Gasteiger partial charge >= 0.3 is 6.55 Å². The van der Waals surface area contributed by atoms with Crippen molar-refractivity contribution < 1.29 is 18.3 Å². The third-order valence-corrected chi connectivity index (χ3v) is 3.33. The minimum atomic E-state index is -2.66. The van der Waals surface area contributed by atoms with Crippen LogP contribution < -0.4 is 10.6 Å². The molecule has 0 saturated heterocycles. The van der Waals surface area contributed by atoms with Crippen LogP contribution in [0.1, 0.15) is 32.0 Å². The first-order chi connectivity index (χ1) is 11.4. The monoisotopic (exact) mass is 341 g/mol. The van der Waals surface area contributed by atoms with Crippen LogP contribution in [0.4, 0.5) is 8.78 Å². The number of imidazole rings is 1. The van der Waals surface area contributed by atoms with Crippen LogP contribution in [-0.4, -0.2) is 33.7 Å². The first-order valence-electron chi connectivity index (χ1n) is 7.52. The number of aliphatic imine (C=N–C) groups is 1. The first kappa shape index (κ1) is 17.9. The maximum Gasteiger partial charge on any atom is 0.319 e. The van der Waals surface area contributed by atoms with Crippen LogP contribution in [0.3, 0.4) is 0 Å². The minimum absolute atomic E-state index is 0.0183. The largest absolute Gasteiger partial charge is 0.466 e. The van der Waals surface area contributed by atoms with Crippen LogP contribution in [-0.2, 0) is 12.1 Å². The topological polar surface area (TPSA) is 87.6 Å². The number of aliphatic hydroxyl groups is 1. The molecule has 0 aromatic carbocycles. The van der Waals surface area contributed by atoms with E-state index in [-0.39, 0.29) is 18.9 Å². The second kappa shape index (κ2) is 7.91. The highest BCUT2D eigenvalue weighted by Gasteiger charge is 2.26. The number of nitrogens with one attached hydrogen (secondary N) is 2. The lowest BCUT2D eigenvalue weighted by molar-refractivity contribution is 0.0386. The Bertz CT molecular complexity index is 653. The van der Waals surface area contributed by atoms with Crippen LogP contribution in [0.15, 0.2) is 40.2 Å². The van der Waals surface area contributed by atoms with Crippen LogP contribution >= 0.6 is 0 Å². The van der Waals surface area contributed by atoms with Gasteiger partial charge in [0.2, 0.25) is 0 Å². The molecule has 9 heteroatoms. The van der Waals surface area contributed by atoms with Crippen molar-refractivity contribution in [3.05, 3.63) is 42.4 Å². The Morgan fingerprint density at radius 2 is 2.29 bits per heavy atom. The van der Waals surface area contributed by atoms with E-state index in [2.05, 4.69) is 20.6 Å². The van der Waals surface area contributed by atoms with Gasteiger partial charge in [-0.25, -0.2) is 9.98 Å². The van der Waals surface area contributed by atoms with Crippen molar-refractivity contribution in [2.45, 2.75) is 32.5 Å². The van der Waals surface area contributed by atoms with Gasteiger partial charge in [-0.1, -0.05) is 0 Å². The molecule has 24 heavy (non-hydrogen) atoms. The molecule has 0 aliphatic rings. The molecule has 0 fully saturated rings. The molecule has 132 valence electrons. The van der Waals surface area contributed by atoms with Crippen LogP contribution in [0.5, 0.6) is 0 Å². The lowest BCUT2D eigenvalue weighted by Crippen LogP contribution is -2.44. The average molecular weight is 341 g/mol. The van der Waals surface area contributed by atoms with Crippen LogP contribution in [0.2, 0.25) is 0 Å². The summed E-state index contributed by atoms with van der Waals surface area (Å²) in [5.74, 6) is 0.951. The van der Waals surface area contributed by atoms with E-state index in [0.29, 0.717) is 18.3 Å². The fourth-order valence-corrected chi connectivity index (χ4v) is 2.06. The van der Waals surface area contributed by atoms with Gasteiger partial charge in [-0.2, -0.15) is 8.78 Å². The van der Waals surface area contributed by atoms with Crippen LogP contribution in [0.25, 0.3) is 0 Å². The standard InChI is InChI=1S/C15H21F2N5O2/c1-3-18-14(20-9-12-19-6-7-22(12)13(16)17)21-10-15(2,23)11-5-4-8-24-11/h4-8,13,23H,3,9-10H2,1-2H3,(H2,18,20,21). The average Bonchev–Trinajstić information content (AvgIpc) is 3.20. The van der Waals surface area contributed by atoms with Crippen molar-refractivity contribution in [2.75, 3.05) is 13.1 Å². The van der Waals surface area contributed by atoms with E-state index in [0.717, 1.165) is 4.57 Å². The predicted octanol–water partition coefficient (Wildman–Crippen LogP) is 1.83. The van der Waals surface area contributed by atoms with E-state index >= 15 is 0 Å². The highest BCUT2D eigenvalue weighted by Crippen LogP contribution is 2.19. The number of alkyl halides is 2. The minimum Gasteiger partial charge on any atom is -0.466 e. The van der Waals surface area contributed by atoms with Gasteiger partial charge in [0.05, 0.1) is 12.8 Å². The van der Waals surface area contributed by atoms with E-state index < -0.39 is 12.2 Å². The summed E-state index contributed by atoms with van der Waals surface area (Å²) >= 11 is 0. The summed E-state index contributed by atoms with van der Waals surface area (Å²) in [5, 5.41) is 16.4. The van der Waals surface area contributed by atoms with Crippen molar-refractivity contribution in [1.29, 1.82) is 0 Å². The summed E-state index contributed by atoms with van der Waals surface area (Å²) in [4.78, 5) is 8.09. The maximum atomic E-state index is 12.8. The molecule has 1 unspecified atom stereocenters. The molecule has 3 N–H and O–H groups in total. The van der Waals surface area contributed by atoms with Crippen molar-refractivity contribution >= 4 is 5.96 Å². The van der Waals surface area contributed by atoms with E-state index in [9.17, 15) is 13.9 Å². The van der Waals surface area contributed by atoms with Gasteiger partial charge in [0.25, 0.3) is 0 Å². The van der Waals surface area contributed by atoms with Gasteiger partial charge in [-0.05, 0) is 26.0 Å². The number of guanidine groups is 1. The molecule has 1 atom stereocenters. The highest BCUT2D eigenvalue weighted by atomic mass is 19.3. The van der Waals surface area contributed by atoms with Gasteiger partial charge in [-0.3, -0.25) is 4.57 Å². The zero-order valence-electron chi connectivity index (χ0n) is 13.5. The summed E-state index contributed by atoms with van der Waals surface area (Å²) in [6.45, 7) is 1.52. The van der Waals surface area contributed by atoms with E-state index in [1.807, 2.05) is 6.92 Å². The SMILES string of the molecule is CCNC(=NCc1nccn1C(F)F)NCC(C)(O)c1ccco1. The summed E-state index contributed by atoms with van der Waals surface area (Å²) in [6.07, 6.45) is 3.99. The molecule has 0 saturated carbocycles. The molecule has 2 aromatic heterocycles. The number of rotatable bonds is 7. The smallest absolute Gasteiger partial charge is 0.319 e. The first-order valence-corrected chi connectivity index (χ1v) is 7.52. The molecule has 2 rings (SSSR count). The second-order valence-electron chi connectivity index (χ2n) is 5.33. The van der Waals surface area contributed by atoms with E-state index in [1.165, 1.54) is 18.7 Å². The van der Waals surface area contributed by atoms with Crippen LogP contribution in [0, 0.1) is 0 Å². The molecule has 0 bridgehead atoms. The lowest BCUT2D eigenvalue weighted by Gasteiger charge is -2.22. The number of nitrogens with zero attached hydrogens (tertiary/aromatic N) is 3. The van der Waals surface area contributed by atoms with Gasteiger partial charge in [0.1, 0.15) is 23.7 Å². The molecule has 0 aliphatic heterocycles. The molecule has 0 amide bonds. The Morgan fingerprint density at radius 1 is 1.50 bits per heavy atom. The van der Waals surface area contributed by atoms with Crippen molar-refractivity contribution in [2.24, 2.45) is 4.99 Å². The normalized spacial score (nSPS) is 14.7. The van der Waals surface area contributed by atoms with Gasteiger partial charge in [-0.15, -0.1) is 0 Å². The van der Waals surface area contributed by atoms with Crippen molar-refractivity contribution in [1.82, 2.24) is 20.2 Å². The van der Waals surface area contributed by atoms with E-state index in [4.69, 9.17) is 4.42 Å². The zero-order valence-corrected chi connectivity index (χ0v) is 13.5. The zero-order chi connectivity index (χ0) is 17.6. The lowest BCUT2D eigenvalue weighted by atomic mass is 10.0. The molecule has 2 aromatic rings. The third kappa shape index (κ3) is 4.54. The van der Waals surface area contributed by atoms with Gasteiger partial charge in [0.15, 0.2) is 5.96 Å². The Morgan fingerprint density at radius 3 is 2.92 bits per heavy atom. The van der Waals surface area contributed by atoms with Gasteiger partial charge in [0, 0.05) is 18.9 Å². The summed E-state index contributed by atoms with van der Waals surface area (Å²) < 4.78 is 31.5. The Balaban J connectivity index is 2.02. The Hall–Kier alpha value is -2.42. The quantitative estimate of drug-likeness (QED) is 0.528. The molecule has 0 aliphatic carbocycles. The Kier molecular flexibility index (Phi) is 5.91. The molecular formula is C15H21F2N5O2. The molecule has 2 heterocycles. The highest BCUT2D eigenvalue weighted by molar-refractivity contribution is 5.79. The summed E-state index contributed by atoms with van der Waals surface area (Å²) in [6, 6.07) is 3.36. The van der Waals surface area contributed by atoms with Crippen molar-refractivity contribution in [3.8, 4) is 0 Å². The fraction of sp³-hybridized carbons (Fsp3) is 0.467. The number of halogens is 2. The molecule has 0 radical (unpaired) electrons. The van der Waals surface area contributed by atoms with E-state index in [1.54, 1.807) is 19.1 Å². The Labute approximate surface area is 138 Å². The summed E-state index contributed by atoms with van der Waals surface area (Å²) in [7, 11) is 0. The van der Waals surface area contributed by atoms with Crippen molar-refractivity contribution in [3.63, 3.8) is 0 Å². The number of furan rings is 1. The summed E-state index contributed by atoms with van der Waals surface area (Å²) in [5.41, 5.74) is -1.23. The van der Waals surface area contributed by atoms with Gasteiger partial charge < -0.3 is 20.2 Å². The maximum absolute atomic E-state index is 12.8. The third-order valence-electron chi connectivity index (χ3n) is 3.33. The number of aromatic nitrogens is 2. The fourth-order valence-electron chi connectivity index (χ4n) is 2.06. The predicted molar refractivity (Wildman–Crippen MR) is 84.6 cm³/mol. The number of hydrogen-bond acceptors (Lipinski definition) is 4. The second-order valence-corrected chi connectivity index (χ2v) is 5.33. The molecular weight excluding hydrogens is 320 g/mol. The number of hydrogen-bond donors (Lipinski definition) is 3. The molecule has 7 nitrogen and oxygen atoms in total. The molecule has 0 spiro atoms.